The van der Waals surface area contributed by atoms with Gasteiger partial charge in [-0.3, -0.25) is 0 Å². The van der Waals surface area contributed by atoms with E-state index < -0.39 is 0 Å². The predicted octanol–water partition coefficient (Wildman–Crippen LogP) is 1.97. The molecule has 3 nitrogen and oxygen atoms in total. The van der Waals surface area contributed by atoms with E-state index in [2.05, 4.69) is 29.7 Å². The van der Waals surface area contributed by atoms with E-state index in [1.165, 1.54) is 48.7 Å². The molecule has 1 aromatic heterocycles. The van der Waals surface area contributed by atoms with Crippen molar-refractivity contribution in [3.63, 3.8) is 0 Å². The van der Waals surface area contributed by atoms with Crippen molar-refractivity contribution in [2.24, 2.45) is 0 Å². The normalized spacial score (nSPS) is 31.0. The molecular formula is C18H23N2O+. The lowest BCUT2D eigenvalue weighted by Crippen LogP contribution is -3.18. The zero-order valence-corrected chi connectivity index (χ0v) is 12.7. The Labute approximate surface area is 125 Å². The van der Waals surface area contributed by atoms with E-state index in [0.29, 0.717) is 12.3 Å². The Morgan fingerprint density at radius 3 is 3.00 bits per heavy atom. The molecule has 0 bridgehead atoms. The minimum Gasteiger partial charge on any atom is -0.334 e. The molecule has 2 aliphatic heterocycles. The number of hydrogen-bond donors (Lipinski definition) is 1. The zero-order chi connectivity index (χ0) is 14.0. The van der Waals surface area contributed by atoms with Crippen LogP contribution in [0.3, 0.4) is 0 Å². The van der Waals surface area contributed by atoms with Gasteiger partial charge in [-0.15, -0.1) is 0 Å². The minimum absolute atomic E-state index is 0.467. The fourth-order valence-corrected chi connectivity index (χ4v) is 4.77. The Morgan fingerprint density at radius 1 is 1.29 bits per heavy atom. The summed E-state index contributed by atoms with van der Waals surface area (Å²) in [4.78, 5) is 1.70. The summed E-state index contributed by atoms with van der Waals surface area (Å²) < 4.78 is 8.45. The molecule has 110 valence electrons. The van der Waals surface area contributed by atoms with Crippen LogP contribution < -0.4 is 4.90 Å². The molecule has 21 heavy (non-hydrogen) atoms. The van der Waals surface area contributed by atoms with Crippen molar-refractivity contribution < 1.29 is 9.64 Å². The van der Waals surface area contributed by atoms with Crippen LogP contribution in [0.4, 0.5) is 0 Å². The molecule has 5 rings (SSSR count). The SMILES string of the molecule is Cc1ccc2c(c1)c1c3n2CC[NH+]([C@@H]2CCO2)[C@H]3CCC1. The molecule has 3 aliphatic rings. The van der Waals surface area contributed by atoms with Crippen molar-refractivity contribution in [3.8, 4) is 0 Å². The summed E-state index contributed by atoms with van der Waals surface area (Å²) in [6, 6.07) is 7.67. The molecule has 2 aromatic rings. The third kappa shape index (κ3) is 1.62. The first-order valence-corrected chi connectivity index (χ1v) is 8.42. The van der Waals surface area contributed by atoms with Crippen LogP contribution in [-0.2, 0) is 17.7 Å². The van der Waals surface area contributed by atoms with Crippen molar-refractivity contribution in [2.45, 2.75) is 51.4 Å². The van der Waals surface area contributed by atoms with Gasteiger partial charge in [0.2, 0.25) is 0 Å². The topological polar surface area (TPSA) is 18.6 Å². The molecule has 1 N–H and O–H groups in total. The summed E-state index contributed by atoms with van der Waals surface area (Å²) >= 11 is 0. The number of nitrogens with one attached hydrogen (secondary N) is 1. The number of nitrogens with zero attached hydrogens (tertiary/aromatic N) is 1. The Morgan fingerprint density at radius 2 is 2.19 bits per heavy atom. The number of fused-ring (bicyclic) bond motifs is 3. The third-order valence-corrected chi connectivity index (χ3v) is 5.80. The molecule has 0 amide bonds. The van der Waals surface area contributed by atoms with Crippen molar-refractivity contribution >= 4 is 10.9 Å². The molecule has 1 fully saturated rings. The van der Waals surface area contributed by atoms with Gasteiger partial charge in [-0.1, -0.05) is 11.6 Å². The summed E-state index contributed by atoms with van der Waals surface area (Å²) in [5, 5.41) is 1.52. The monoisotopic (exact) mass is 283 g/mol. The summed E-state index contributed by atoms with van der Waals surface area (Å²) in [5.74, 6) is 0. The Hall–Kier alpha value is -1.32. The summed E-state index contributed by atoms with van der Waals surface area (Å²) in [5.41, 5.74) is 6.13. The lowest BCUT2D eigenvalue weighted by atomic mass is 9.89. The van der Waals surface area contributed by atoms with Crippen LogP contribution in [0.5, 0.6) is 0 Å². The van der Waals surface area contributed by atoms with Gasteiger partial charge in [0.1, 0.15) is 6.04 Å². The first-order chi connectivity index (χ1) is 10.3. The third-order valence-electron chi connectivity index (χ3n) is 5.80. The second kappa shape index (κ2) is 4.34. The maximum atomic E-state index is 5.83. The standard InChI is InChI=1S/C18H22N2O/c1-12-5-6-15-14(11-12)13-3-2-4-16-18(13)20(15)9-8-19(16)17-7-10-21-17/h5-6,11,16-17H,2-4,7-10H2,1H3/p+1/t16-,17-/m0/s1. The highest BCUT2D eigenvalue weighted by molar-refractivity contribution is 5.86. The number of quaternary nitrogens is 1. The highest BCUT2D eigenvalue weighted by Crippen LogP contribution is 2.38. The van der Waals surface area contributed by atoms with Gasteiger partial charge in [0, 0.05) is 17.3 Å². The number of aromatic nitrogens is 1. The average Bonchev–Trinajstić information content (AvgIpc) is 2.75. The Kier molecular flexibility index (Phi) is 2.53. The highest BCUT2D eigenvalue weighted by Gasteiger charge is 2.43. The van der Waals surface area contributed by atoms with Gasteiger partial charge in [0.25, 0.3) is 0 Å². The molecule has 0 radical (unpaired) electrons. The second-order valence-corrected chi connectivity index (χ2v) is 6.95. The van der Waals surface area contributed by atoms with E-state index in [4.69, 9.17) is 4.74 Å². The van der Waals surface area contributed by atoms with Crippen LogP contribution in [0.2, 0.25) is 0 Å². The molecule has 1 aromatic carbocycles. The molecule has 3 heteroatoms. The molecule has 0 spiro atoms. The Balaban J connectivity index is 1.71. The van der Waals surface area contributed by atoms with Gasteiger partial charge in [-0.25, -0.2) is 0 Å². The van der Waals surface area contributed by atoms with Crippen molar-refractivity contribution in [3.05, 3.63) is 35.0 Å². The van der Waals surface area contributed by atoms with E-state index in [1.54, 1.807) is 16.2 Å². The van der Waals surface area contributed by atoms with E-state index >= 15 is 0 Å². The number of benzene rings is 1. The van der Waals surface area contributed by atoms with Crippen LogP contribution in [0.1, 0.15) is 42.1 Å². The van der Waals surface area contributed by atoms with Gasteiger partial charge >= 0.3 is 0 Å². The van der Waals surface area contributed by atoms with Crippen LogP contribution in [-0.4, -0.2) is 23.9 Å². The molecule has 3 heterocycles. The fourth-order valence-electron chi connectivity index (χ4n) is 4.77. The molecule has 3 atom stereocenters. The van der Waals surface area contributed by atoms with Crippen LogP contribution in [0.15, 0.2) is 18.2 Å². The smallest absolute Gasteiger partial charge is 0.194 e. The van der Waals surface area contributed by atoms with Crippen LogP contribution in [0.25, 0.3) is 10.9 Å². The summed E-state index contributed by atoms with van der Waals surface area (Å²) in [7, 11) is 0. The van der Waals surface area contributed by atoms with Crippen molar-refractivity contribution in [1.82, 2.24) is 4.57 Å². The maximum absolute atomic E-state index is 5.83. The van der Waals surface area contributed by atoms with Crippen molar-refractivity contribution in [1.29, 1.82) is 0 Å². The van der Waals surface area contributed by atoms with Gasteiger partial charge in [0.15, 0.2) is 6.23 Å². The van der Waals surface area contributed by atoms with Crippen LogP contribution in [0, 0.1) is 6.92 Å². The summed E-state index contributed by atoms with van der Waals surface area (Å²) in [6.07, 6.45) is 5.64. The average molecular weight is 283 g/mol. The lowest BCUT2D eigenvalue weighted by Gasteiger charge is -2.43. The van der Waals surface area contributed by atoms with Gasteiger partial charge in [-0.2, -0.15) is 0 Å². The summed E-state index contributed by atoms with van der Waals surface area (Å²) in [6.45, 7) is 5.55. The van der Waals surface area contributed by atoms with E-state index in [9.17, 15) is 0 Å². The largest absolute Gasteiger partial charge is 0.334 e. The number of hydrogen-bond acceptors (Lipinski definition) is 1. The number of rotatable bonds is 1. The molecule has 1 unspecified atom stereocenters. The highest BCUT2D eigenvalue weighted by atomic mass is 16.5. The number of ether oxygens (including phenoxy) is 1. The van der Waals surface area contributed by atoms with E-state index in [1.807, 2.05) is 0 Å². The van der Waals surface area contributed by atoms with Crippen molar-refractivity contribution in [2.75, 3.05) is 13.2 Å². The van der Waals surface area contributed by atoms with Gasteiger partial charge < -0.3 is 14.2 Å². The lowest BCUT2D eigenvalue weighted by molar-refractivity contribution is -0.990. The minimum atomic E-state index is 0.467. The quantitative estimate of drug-likeness (QED) is 0.847. The fraction of sp³-hybridized carbons (Fsp3) is 0.556. The zero-order valence-electron chi connectivity index (χ0n) is 12.7. The van der Waals surface area contributed by atoms with Gasteiger partial charge in [0.05, 0.1) is 31.8 Å². The van der Waals surface area contributed by atoms with E-state index in [-0.39, 0.29) is 0 Å². The Bertz CT molecular complexity index is 714. The van der Waals surface area contributed by atoms with Crippen LogP contribution >= 0.6 is 0 Å². The maximum Gasteiger partial charge on any atom is 0.194 e. The van der Waals surface area contributed by atoms with E-state index in [0.717, 1.165) is 13.2 Å². The molecule has 0 saturated carbocycles. The number of aryl methyl sites for hydroxylation is 2. The first kappa shape index (κ1) is 12.2. The molecule has 1 aliphatic carbocycles. The molecule has 1 saturated heterocycles. The molecular weight excluding hydrogens is 260 g/mol. The second-order valence-electron chi connectivity index (χ2n) is 6.95. The first-order valence-electron chi connectivity index (χ1n) is 8.42. The predicted molar refractivity (Wildman–Crippen MR) is 82.5 cm³/mol. The van der Waals surface area contributed by atoms with Gasteiger partial charge in [-0.05, 0) is 37.5 Å².